The van der Waals surface area contributed by atoms with Gasteiger partial charge in [0.15, 0.2) is 5.13 Å². The van der Waals surface area contributed by atoms with Crippen LogP contribution < -0.4 is 5.32 Å². The van der Waals surface area contributed by atoms with Crippen LogP contribution in [0, 0.1) is 5.82 Å². The van der Waals surface area contributed by atoms with Crippen LogP contribution >= 0.6 is 11.3 Å². The zero-order chi connectivity index (χ0) is 16.2. The lowest BCUT2D eigenvalue weighted by atomic mass is 10.1. The Morgan fingerprint density at radius 3 is 2.65 bits per heavy atom. The van der Waals surface area contributed by atoms with Crippen molar-refractivity contribution in [1.82, 2.24) is 9.88 Å². The van der Waals surface area contributed by atoms with E-state index in [0.717, 1.165) is 43.7 Å². The molecule has 2 heterocycles. The van der Waals surface area contributed by atoms with Crippen molar-refractivity contribution in [3.8, 4) is 0 Å². The number of carbonyl (C=O) groups is 2. The summed E-state index contributed by atoms with van der Waals surface area (Å²) in [7, 11) is 0. The summed E-state index contributed by atoms with van der Waals surface area (Å²) in [6, 6.07) is 5.73. The molecule has 0 atom stereocenters. The van der Waals surface area contributed by atoms with E-state index in [1.165, 1.54) is 18.2 Å². The smallest absolute Gasteiger partial charge is 0.273 e. The molecule has 1 fully saturated rings. The van der Waals surface area contributed by atoms with Gasteiger partial charge in [0, 0.05) is 18.5 Å². The number of amides is 2. The fourth-order valence-electron chi connectivity index (χ4n) is 2.50. The number of likely N-dealkylation sites (tertiary alicyclic amines) is 1. The number of piperidine rings is 1. The molecule has 120 valence electrons. The lowest BCUT2D eigenvalue weighted by Crippen LogP contribution is -2.35. The summed E-state index contributed by atoms with van der Waals surface area (Å²) >= 11 is 1.16. The molecule has 0 aliphatic carbocycles. The molecular formula is C16H16FN3O2S. The number of thiazole rings is 1. The van der Waals surface area contributed by atoms with Crippen LogP contribution in [-0.2, 0) is 0 Å². The van der Waals surface area contributed by atoms with E-state index in [4.69, 9.17) is 0 Å². The maximum absolute atomic E-state index is 13.6. The van der Waals surface area contributed by atoms with E-state index < -0.39 is 11.7 Å². The second-order valence-electron chi connectivity index (χ2n) is 5.32. The van der Waals surface area contributed by atoms with E-state index in [1.807, 2.05) is 0 Å². The standard InChI is InChI=1S/C16H16FN3O2S/c17-12-7-3-2-6-11(12)14(21)19-16-18-13(10-23-16)15(22)20-8-4-1-5-9-20/h2-3,6-7,10H,1,4-5,8-9H2,(H,18,19,21). The molecule has 1 N–H and O–H groups in total. The van der Waals surface area contributed by atoms with E-state index in [1.54, 1.807) is 16.3 Å². The predicted molar refractivity (Wildman–Crippen MR) is 86.2 cm³/mol. The van der Waals surface area contributed by atoms with E-state index >= 15 is 0 Å². The van der Waals surface area contributed by atoms with Gasteiger partial charge in [0.25, 0.3) is 11.8 Å². The van der Waals surface area contributed by atoms with Gasteiger partial charge in [-0.25, -0.2) is 9.37 Å². The van der Waals surface area contributed by atoms with Crippen molar-refractivity contribution < 1.29 is 14.0 Å². The van der Waals surface area contributed by atoms with Gasteiger partial charge in [0.2, 0.25) is 0 Å². The van der Waals surface area contributed by atoms with Crippen LogP contribution in [0.3, 0.4) is 0 Å². The summed E-state index contributed by atoms with van der Waals surface area (Å²) < 4.78 is 13.6. The summed E-state index contributed by atoms with van der Waals surface area (Å²) in [4.78, 5) is 30.3. The molecule has 1 saturated heterocycles. The summed E-state index contributed by atoms with van der Waals surface area (Å²) in [5, 5.41) is 4.44. The molecule has 1 aromatic carbocycles. The quantitative estimate of drug-likeness (QED) is 0.938. The molecule has 0 unspecified atom stereocenters. The third kappa shape index (κ3) is 3.56. The first kappa shape index (κ1) is 15.6. The molecule has 2 aromatic rings. The predicted octanol–water partition coefficient (Wildman–Crippen LogP) is 3.16. The normalized spacial score (nSPS) is 14.6. The molecule has 0 radical (unpaired) electrons. The van der Waals surface area contributed by atoms with E-state index in [0.29, 0.717) is 10.8 Å². The van der Waals surface area contributed by atoms with Crippen molar-refractivity contribution in [3.05, 3.63) is 46.7 Å². The number of carbonyl (C=O) groups excluding carboxylic acids is 2. The van der Waals surface area contributed by atoms with Crippen LogP contribution in [0.2, 0.25) is 0 Å². The molecule has 2 amide bonds. The average molecular weight is 333 g/mol. The van der Waals surface area contributed by atoms with Gasteiger partial charge < -0.3 is 4.90 Å². The lowest BCUT2D eigenvalue weighted by molar-refractivity contribution is 0.0719. The number of rotatable bonds is 3. The Kier molecular flexibility index (Phi) is 4.66. The van der Waals surface area contributed by atoms with Gasteiger partial charge in [0.1, 0.15) is 11.5 Å². The van der Waals surface area contributed by atoms with Crippen molar-refractivity contribution in [2.75, 3.05) is 18.4 Å². The van der Waals surface area contributed by atoms with Gasteiger partial charge in [-0.05, 0) is 31.4 Å². The Morgan fingerprint density at radius 1 is 1.17 bits per heavy atom. The minimum atomic E-state index is -0.592. The van der Waals surface area contributed by atoms with Crippen molar-refractivity contribution in [1.29, 1.82) is 0 Å². The Morgan fingerprint density at radius 2 is 1.91 bits per heavy atom. The van der Waals surface area contributed by atoms with E-state index in [9.17, 15) is 14.0 Å². The van der Waals surface area contributed by atoms with Crippen LogP contribution in [0.25, 0.3) is 0 Å². The molecule has 1 aromatic heterocycles. The van der Waals surface area contributed by atoms with Crippen molar-refractivity contribution >= 4 is 28.3 Å². The number of benzene rings is 1. The number of halogens is 1. The van der Waals surface area contributed by atoms with Crippen molar-refractivity contribution in [2.45, 2.75) is 19.3 Å². The topological polar surface area (TPSA) is 62.3 Å². The molecule has 23 heavy (non-hydrogen) atoms. The third-order valence-electron chi connectivity index (χ3n) is 3.71. The zero-order valence-electron chi connectivity index (χ0n) is 12.4. The third-order valence-corrected chi connectivity index (χ3v) is 4.46. The Balaban J connectivity index is 1.68. The molecule has 1 aliphatic heterocycles. The molecule has 0 saturated carbocycles. The summed E-state index contributed by atoms with van der Waals surface area (Å²) in [6.45, 7) is 1.49. The first-order valence-corrected chi connectivity index (χ1v) is 8.34. The summed E-state index contributed by atoms with van der Waals surface area (Å²) in [5.41, 5.74) is 0.271. The van der Waals surface area contributed by atoms with Crippen molar-refractivity contribution in [3.63, 3.8) is 0 Å². The van der Waals surface area contributed by atoms with Crippen LogP contribution in [0.1, 0.15) is 40.1 Å². The maximum atomic E-state index is 13.6. The van der Waals surface area contributed by atoms with Crippen LogP contribution in [0.4, 0.5) is 9.52 Å². The number of nitrogens with zero attached hydrogens (tertiary/aromatic N) is 2. The Hall–Kier alpha value is -2.28. The monoisotopic (exact) mass is 333 g/mol. The molecule has 7 heteroatoms. The molecule has 1 aliphatic rings. The minimum Gasteiger partial charge on any atom is -0.337 e. The number of anilines is 1. The van der Waals surface area contributed by atoms with Crippen LogP contribution in [-0.4, -0.2) is 34.8 Å². The van der Waals surface area contributed by atoms with Gasteiger partial charge in [0.05, 0.1) is 5.56 Å². The van der Waals surface area contributed by atoms with E-state index in [-0.39, 0.29) is 11.5 Å². The minimum absolute atomic E-state index is 0.0494. The Labute approximate surface area is 137 Å². The van der Waals surface area contributed by atoms with Gasteiger partial charge >= 0.3 is 0 Å². The first-order chi connectivity index (χ1) is 11.1. The maximum Gasteiger partial charge on any atom is 0.273 e. The molecular weight excluding hydrogens is 317 g/mol. The Bertz CT molecular complexity index is 726. The highest BCUT2D eigenvalue weighted by molar-refractivity contribution is 7.14. The zero-order valence-corrected chi connectivity index (χ0v) is 13.2. The SMILES string of the molecule is O=C(Nc1nc(C(=O)N2CCCCC2)cs1)c1ccccc1F. The number of aromatic nitrogens is 1. The molecule has 0 spiro atoms. The largest absolute Gasteiger partial charge is 0.337 e. The van der Waals surface area contributed by atoms with Crippen LogP contribution in [0.5, 0.6) is 0 Å². The van der Waals surface area contributed by atoms with Gasteiger partial charge in [-0.15, -0.1) is 11.3 Å². The van der Waals surface area contributed by atoms with Crippen LogP contribution in [0.15, 0.2) is 29.6 Å². The van der Waals surface area contributed by atoms with Gasteiger partial charge in [-0.3, -0.25) is 14.9 Å². The van der Waals surface area contributed by atoms with Gasteiger partial charge in [-0.2, -0.15) is 0 Å². The highest BCUT2D eigenvalue weighted by Gasteiger charge is 2.21. The fourth-order valence-corrected chi connectivity index (χ4v) is 3.18. The molecule has 5 nitrogen and oxygen atoms in total. The lowest BCUT2D eigenvalue weighted by Gasteiger charge is -2.25. The van der Waals surface area contributed by atoms with Crippen molar-refractivity contribution in [2.24, 2.45) is 0 Å². The average Bonchev–Trinajstić information content (AvgIpc) is 3.03. The first-order valence-electron chi connectivity index (χ1n) is 7.46. The molecule has 3 rings (SSSR count). The summed E-state index contributed by atoms with van der Waals surface area (Å²) in [5.74, 6) is -1.28. The number of hydrogen-bond acceptors (Lipinski definition) is 4. The molecule has 0 bridgehead atoms. The second-order valence-corrected chi connectivity index (χ2v) is 6.18. The second kappa shape index (κ2) is 6.87. The number of nitrogens with one attached hydrogen (secondary N) is 1. The highest BCUT2D eigenvalue weighted by Crippen LogP contribution is 2.20. The summed E-state index contributed by atoms with van der Waals surface area (Å²) in [6.07, 6.45) is 3.16. The van der Waals surface area contributed by atoms with Gasteiger partial charge in [-0.1, -0.05) is 12.1 Å². The van der Waals surface area contributed by atoms with E-state index in [2.05, 4.69) is 10.3 Å². The number of hydrogen-bond donors (Lipinski definition) is 1. The highest BCUT2D eigenvalue weighted by atomic mass is 32.1. The fraction of sp³-hybridized carbons (Fsp3) is 0.312.